The SMILES string of the molecule is [S]C=C=S. The van der Waals surface area contributed by atoms with E-state index in [9.17, 15) is 0 Å². The molecule has 0 amide bonds. The topological polar surface area (TPSA) is 0 Å². The minimum Gasteiger partial charge on any atom is -0.0787 e. The van der Waals surface area contributed by atoms with E-state index in [1.165, 1.54) is 5.41 Å². The summed E-state index contributed by atoms with van der Waals surface area (Å²) in [7, 11) is 0. The van der Waals surface area contributed by atoms with Crippen molar-refractivity contribution >= 4 is 29.9 Å². The number of hydrogen-bond donors (Lipinski definition) is 0. The standard InChI is InChI=1S/C2HS2/c3-1-2-4/h1H. The summed E-state index contributed by atoms with van der Waals surface area (Å²) < 4.78 is 0. The predicted molar refractivity (Wildman–Crippen MR) is 24.8 cm³/mol. The summed E-state index contributed by atoms with van der Waals surface area (Å²) in [5.74, 6) is 0. The normalized spacial score (nSPS) is 4.00. The van der Waals surface area contributed by atoms with Gasteiger partial charge in [-0.1, -0.05) is 12.6 Å². The van der Waals surface area contributed by atoms with Crippen molar-refractivity contribution in [2.45, 2.75) is 0 Å². The second kappa shape index (κ2) is 3.09. The Hall–Kier alpha value is 0.0900. The van der Waals surface area contributed by atoms with Gasteiger partial charge in [-0.25, -0.2) is 0 Å². The molecule has 0 saturated heterocycles. The molecule has 0 aromatic carbocycles. The molecule has 0 fully saturated rings. The molecule has 0 N–H and O–H groups in total. The largest absolute Gasteiger partial charge is 0.0787 e. The van der Waals surface area contributed by atoms with Crippen LogP contribution in [0.3, 0.4) is 0 Å². The van der Waals surface area contributed by atoms with Gasteiger partial charge in [0.25, 0.3) is 0 Å². The second-order valence-corrected chi connectivity index (χ2v) is 0.707. The molecule has 2 heteroatoms. The third kappa shape index (κ3) is 2.09. The molecule has 0 heterocycles. The summed E-state index contributed by atoms with van der Waals surface area (Å²) in [6.07, 6.45) is 0. The van der Waals surface area contributed by atoms with Crippen molar-refractivity contribution in [3.05, 3.63) is 5.41 Å². The second-order valence-electron chi connectivity index (χ2n) is 0.236. The van der Waals surface area contributed by atoms with E-state index in [-0.39, 0.29) is 0 Å². The van der Waals surface area contributed by atoms with Gasteiger partial charge in [-0.15, -0.1) is 0 Å². The van der Waals surface area contributed by atoms with Gasteiger partial charge in [0.2, 0.25) is 0 Å². The molecule has 0 bridgehead atoms. The molecule has 0 aromatic heterocycles. The lowest BCUT2D eigenvalue weighted by molar-refractivity contribution is 3.03. The Morgan fingerprint density at radius 2 is 2.00 bits per heavy atom. The maximum absolute atomic E-state index is 4.21. The minimum atomic E-state index is 1.27. The van der Waals surface area contributed by atoms with Crippen LogP contribution in [0.1, 0.15) is 0 Å². The average Bonchev–Trinajstić information content (AvgIpc) is 1.37. The summed E-state index contributed by atoms with van der Waals surface area (Å²) in [6.45, 7) is 0. The van der Waals surface area contributed by atoms with E-state index >= 15 is 0 Å². The molecule has 0 nitrogen and oxygen atoms in total. The maximum Gasteiger partial charge on any atom is 0.0549 e. The zero-order chi connectivity index (χ0) is 3.41. The molecule has 0 atom stereocenters. The Morgan fingerprint density at radius 1 is 1.75 bits per heavy atom. The Balaban J connectivity index is 3.11. The highest BCUT2D eigenvalue weighted by Crippen LogP contribution is 1.59. The Labute approximate surface area is 35.9 Å². The fourth-order valence-corrected chi connectivity index (χ4v) is 0. The monoisotopic (exact) mass is 89.0 g/mol. The van der Waals surface area contributed by atoms with Crippen molar-refractivity contribution in [1.29, 1.82) is 0 Å². The molecule has 4 heavy (non-hydrogen) atoms. The number of rotatable bonds is 0. The fourth-order valence-electron chi connectivity index (χ4n) is 0. The maximum atomic E-state index is 4.21. The third-order valence-corrected chi connectivity index (χ3v) is 0.433. The van der Waals surface area contributed by atoms with Crippen LogP contribution >= 0.6 is 24.8 Å². The van der Waals surface area contributed by atoms with Crippen LogP contribution < -0.4 is 0 Å². The molecule has 0 unspecified atom stereocenters. The first kappa shape index (κ1) is 4.09. The first-order chi connectivity index (χ1) is 1.91. The van der Waals surface area contributed by atoms with Crippen LogP contribution in [-0.2, 0) is 0 Å². The van der Waals surface area contributed by atoms with Gasteiger partial charge in [-0.05, 0) is 17.2 Å². The van der Waals surface area contributed by atoms with E-state index in [0.29, 0.717) is 0 Å². The molecule has 0 spiro atoms. The minimum absolute atomic E-state index is 1.27. The molecule has 0 aliphatic carbocycles. The molecule has 0 rings (SSSR count). The highest BCUT2D eigenvalue weighted by molar-refractivity contribution is 7.85. The smallest absolute Gasteiger partial charge is 0.0549 e. The van der Waals surface area contributed by atoms with Crippen LogP contribution in [0, 0.1) is 0 Å². The van der Waals surface area contributed by atoms with Gasteiger partial charge in [0.1, 0.15) is 0 Å². The van der Waals surface area contributed by atoms with E-state index < -0.39 is 0 Å². The summed E-state index contributed by atoms with van der Waals surface area (Å²) in [6, 6.07) is 0. The van der Waals surface area contributed by atoms with Crippen LogP contribution in [0.5, 0.6) is 0 Å². The zero-order valence-electron chi connectivity index (χ0n) is 1.89. The van der Waals surface area contributed by atoms with Crippen molar-refractivity contribution in [3.63, 3.8) is 0 Å². The van der Waals surface area contributed by atoms with Crippen molar-refractivity contribution < 1.29 is 0 Å². The van der Waals surface area contributed by atoms with Crippen LogP contribution in [-0.4, -0.2) is 5.02 Å². The van der Waals surface area contributed by atoms with Gasteiger partial charge < -0.3 is 0 Å². The molecule has 0 saturated carbocycles. The lowest BCUT2D eigenvalue weighted by Crippen LogP contribution is -1.18. The summed E-state index contributed by atoms with van der Waals surface area (Å²) >= 11 is 8.36. The van der Waals surface area contributed by atoms with Gasteiger partial charge in [-0.3, -0.25) is 0 Å². The molecule has 1 radical (unpaired) electrons. The van der Waals surface area contributed by atoms with Gasteiger partial charge in [0.05, 0.1) is 5.41 Å². The van der Waals surface area contributed by atoms with Crippen molar-refractivity contribution in [2.75, 3.05) is 0 Å². The lowest BCUT2D eigenvalue weighted by atomic mass is 11.3. The number of hydrogen-bond acceptors (Lipinski definition) is 1. The Morgan fingerprint density at radius 3 is 2.00 bits per heavy atom. The third-order valence-electron chi connectivity index (χ3n) is 0.0481. The van der Waals surface area contributed by atoms with Crippen molar-refractivity contribution in [3.8, 4) is 0 Å². The summed E-state index contributed by atoms with van der Waals surface area (Å²) in [5, 5.41) is 3.48. The van der Waals surface area contributed by atoms with Gasteiger partial charge in [0, 0.05) is 0 Å². The quantitative estimate of drug-likeness (QED) is 0.403. The fraction of sp³-hybridized carbons (Fsp3) is 0. The van der Waals surface area contributed by atoms with Gasteiger partial charge in [0.15, 0.2) is 0 Å². The molecule has 0 aliphatic heterocycles. The van der Waals surface area contributed by atoms with Gasteiger partial charge in [-0.2, -0.15) is 0 Å². The van der Waals surface area contributed by atoms with Gasteiger partial charge >= 0.3 is 0 Å². The van der Waals surface area contributed by atoms with Crippen LogP contribution in [0.25, 0.3) is 0 Å². The zero-order valence-corrected chi connectivity index (χ0v) is 3.53. The Bertz CT molecular complexity index is 42.0. The van der Waals surface area contributed by atoms with Crippen LogP contribution in [0.15, 0.2) is 5.41 Å². The van der Waals surface area contributed by atoms with Crippen molar-refractivity contribution in [1.82, 2.24) is 0 Å². The summed E-state index contributed by atoms with van der Waals surface area (Å²) in [4.78, 5) is 0. The Kier molecular flexibility index (Phi) is 3.16. The first-order valence-electron chi connectivity index (χ1n) is 0.729. The van der Waals surface area contributed by atoms with Crippen LogP contribution in [0.4, 0.5) is 0 Å². The number of thiocarbonyl (C=S) groups is 1. The van der Waals surface area contributed by atoms with E-state index in [2.05, 4.69) is 29.9 Å². The van der Waals surface area contributed by atoms with E-state index in [4.69, 9.17) is 0 Å². The summed E-state index contributed by atoms with van der Waals surface area (Å²) in [5.41, 5.74) is 0. The lowest BCUT2D eigenvalue weighted by Gasteiger charge is -1.31. The highest BCUT2D eigenvalue weighted by atomic mass is 32.1. The molecular weight excluding hydrogens is 88.2 g/mol. The average molecular weight is 89.2 g/mol. The molecule has 0 aliphatic rings. The highest BCUT2D eigenvalue weighted by Gasteiger charge is 1.30. The molecule has 21 valence electrons. The van der Waals surface area contributed by atoms with Crippen LogP contribution in [0.2, 0.25) is 0 Å². The van der Waals surface area contributed by atoms with E-state index in [1.807, 2.05) is 0 Å². The van der Waals surface area contributed by atoms with Crippen molar-refractivity contribution in [2.24, 2.45) is 0 Å². The first-order valence-corrected chi connectivity index (χ1v) is 1.61. The predicted octanol–water partition coefficient (Wildman–Crippen LogP) is 1.30. The molecule has 0 aromatic rings. The van der Waals surface area contributed by atoms with E-state index in [0.717, 1.165) is 0 Å². The van der Waals surface area contributed by atoms with E-state index in [1.54, 1.807) is 0 Å². The molecular formula is C2HS2.